The number of aromatic nitrogens is 2. The lowest BCUT2D eigenvalue weighted by molar-refractivity contribution is 0.163. The molecule has 0 fully saturated rings. The van der Waals surface area contributed by atoms with Crippen LogP contribution in [0.2, 0.25) is 0 Å². The lowest BCUT2D eigenvalue weighted by Gasteiger charge is -2.08. The molecule has 1 aromatic heterocycles. The minimum Gasteiger partial charge on any atom is -0.364 e. The fraction of sp³-hybridized carbons (Fsp3) is 0.500. The van der Waals surface area contributed by atoms with E-state index in [1.165, 1.54) is 0 Å². The number of nitrogens with zero attached hydrogens (tertiary/aromatic N) is 2. The monoisotopic (exact) mass is 202 g/mol. The quantitative estimate of drug-likeness (QED) is 0.776. The highest BCUT2D eigenvalue weighted by Gasteiger charge is 2.05. The normalized spacial score (nSPS) is 10.4. The van der Waals surface area contributed by atoms with Crippen LogP contribution >= 0.6 is 0 Å². The van der Waals surface area contributed by atoms with Gasteiger partial charge in [0.2, 0.25) is 5.95 Å². The summed E-state index contributed by atoms with van der Waals surface area (Å²) in [7, 11) is 1.67. The Morgan fingerprint density at radius 2 is 2.21 bits per heavy atom. The van der Waals surface area contributed by atoms with E-state index in [1.54, 1.807) is 20.2 Å². The summed E-state index contributed by atoms with van der Waals surface area (Å²) in [6.07, 6.45) is -0.811. The molecule has 1 aromatic rings. The van der Waals surface area contributed by atoms with Gasteiger partial charge in [0.05, 0.1) is 6.54 Å². The third kappa shape index (κ3) is 2.79. The van der Waals surface area contributed by atoms with Gasteiger partial charge in [0.25, 0.3) is 6.43 Å². The van der Waals surface area contributed by atoms with Crippen LogP contribution in [-0.2, 0) is 0 Å². The van der Waals surface area contributed by atoms with E-state index < -0.39 is 13.0 Å². The highest BCUT2D eigenvalue weighted by molar-refractivity contribution is 5.46. The highest BCUT2D eigenvalue weighted by atomic mass is 19.3. The van der Waals surface area contributed by atoms with Crippen molar-refractivity contribution in [3.8, 4) is 0 Å². The molecule has 0 bridgehead atoms. The minimum absolute atomic E-state index is 0.402. The first kappa shape index (κ1) is 10.6. The van der Waals surface area contributed by atoms with Gasteiger partial charge in [-0.1, -0.05) is 0 Å². The van der Waals surface area contributed by atoms with E-state index in [1.807, 2.05) is 0 Å². The molecule has 0 unspecified atom stereocenters. The molecule has 0 aliphatic rings. The van der Waals surface area contributed by atoms with Crippen LogP contribution in [0.3, 0.4) is 0 Å². The molecule has 0 aromatic carbocycles. The first-order valence-corrected chi connectivity index (χ1v) is 4.17. The average Bonchev–Trinajstić information content (AvgIpc) is 2.16. The van der Waals surface area contributed by atoms with Gasteiger partial charge in [-0.15, -0.1) is 0 Å². The summed E-state index contributed by atoms with van der Waals surface area (Å²) in [5.41, 5.74) is 0.740. The zero-order valence-electron chi connectivity index (χ0n) is 8.01. The molecule has 0 saturated carbocycles. The topological polar surface area (TPSA) is 49.8 Å². The van der Waals surface area contributed by atoms with Crippen molar-refractivity contribution in [2.24, 2.45) is 0 Å². The standard InChI is InChI=1S/C8H12F2N4/c1-5-3-13-8(11-2)14-7(5)12-4-6(9)10/h3,6H,4H2,1-2H3,(H2,11,12,13,14). The molecule has 0 saturated heterocycles. The Labute approximate surface area is 80.8 Å². The first-order chi connectivity index (χ1) is 6.63. The third-order valence-corrected chi connectivity index (χ3v) is 1.62. The number of hydrogen-bond donors (Lipinski definition) is 2. The van der Waals surface area contributed by atoms with Crippen LogP contribution < -0.4 is 10.6 Å². The summed E-state index contributed by atoms with van der Waals surface area (Å²) in [5.74, 6) is 0.844. The third-order valence-electron chi connectivity index (χ3n) is 1.62. The zero-order valence-corrected chi connectivity index (χ0v) is 8.01. The second kappa shape index (κ2) is 4.69. The van der Waals surface area contributed by atoms with E-state index in [9.17, 15) is 8.78 Å². The van der Waals surface area contributed by atoms with Gasteiger partial charge in [-0.3, -0.25) is 0 Å². The van der Waals surface area contributed by atoms with Gasteiger partial charge in [0.15, 0.2) is 0 Å². The molecule has 0 amide bonds. The number of nitrogens with one attached hydrogen (secondary N) is 2. The van der Waals surface area contributed by atoms with E-state index in [0.29, 0.717) is 11.8 Å². The van der Waals surface area contributed by atoms with Gasteiger partial charge in [-0.25, -0.2) is 13.8 Å². The molecule has 0 aliphatic carbocycles. The first-order valence-electron chi connectivity index (χ1n) is 4.17. The van der Waals surface area contributed by atoms with E-state index in [4.69, 9.17) is 0 Å². The molecule has 2 N–H and O–H groups in total. The molecule has 4 nitrogen and oxygen atoms in total. The Bertz CT molecular complexity index is 303. The lowest BCUT2D eigenvalue weighted by Crippen LogP contribution is -2.13. The smallest absolute Gasteiger partial charge is 0.255 e. The van der Waals surface area contributed by atoms with E-state index in [0.717, 1.165) is 5.56 Å². The minimum atomic E-state index is -2.39. The van der Waals surface area contributed by atoms with Crippen LogP contribution in [0.5, 0.6) is 0 Å². The Balaban J connectivity index is 2.73. The Morgan fingerprint density at radius 3 is 2.79 bits per heavy atom. The molecule has 0 atom stereocenters. The Hall–Kier alpha value is -1.46. The molecular weight excluding hydrogens is 190 g/mol. The van der Waals surface area contributed by atoms with Crippen molar-refractivity contribution in [1.82, 2.24) is 9.97 Å². The molecule has 6 heteroatoms. The number of aryl methyl sites for hydroxylation is 1. The SMILES string of the molecule is CNc1ncc(C)c(NCC(F)F)n1. The van der Waals surface area contributed by atoms with Crippen LogP contribution in [0.4, 0.5) is 20.5 Å². The summed E-state index contributed by atoms with van der Waals surface area (Å²) in [6, 6.07) is 0. The van der Waals surface area contributed by atoms with Gasteiger partial charge >= 0.3 is 0 Å². The van der Waals surface area contributed by atoms with Crippen LogP contribution in [0.1, 0.15) is 5.56 Å². The molecule has 1 heterocycles. The number of anilines is 2. The molecule has 0 aliphatic heterocycles. The van der Waals surface area contributed by atoms with Gasteiger partial charge in [-0.05, 0) is 6.92 Å². The predicted octanol–water partition coefficient (Wildman–Crippen LogP) is 1.50. The van der Waals surface area contributed by atoms with Crippen LogP contribution in [0.15, 0.2) is 6.20 Å². The van der Waals surface area contributed by atoms with Crippen molar-refractivity contribution in [2.75, 3.05) is 24.2 Å². The van der Waals surface area contributed by atoms with Crippen molar-refractivity contribution >= 4 is 11.8 Å². The van der Waals surface area contributed by atoms with Gasteiger partial charge in [0, 0.05) is 18.8 Å². The molecule has 14 heavy (non-hydrogen) atoms. The maximum absolute atomic E-state index is 11.9. The predicted molar refractivity (Wildman–Crippen MR) is 50.8 cm³/mol. The van der Waals surface area contributed by atoms with Crippen molar-refractivity contribution in [2.45, 2.75) is 13.3 Å². The number of halogens is 2. The summed E-state index contributed by atoms with van der Waals surface area (Å²) >= 11 is 0. The molecule has 1 rings (SSSR count). The Morgan fingerprint density at radius 1 is 1.50 bits per heavy atom. The second-order valence-corrected chi connectivity index (χ2v) is 2.75. The average molecular weight is 202 g/mol. The molecule has 78 valence electrons. The van der Waals surface area contributed by atoms with Gasteiger partial charge in [-0.2, -0.15) is 4.98 Å². The maximum Gasteiger partial charge on any atom is 0.255 e. The van der Waals surface area contributed by atoms with Crippen molar-refractivity contribution in [3.63, 3.8) is 0 Å². The fourth-order valence-corrected chi connectivity index (χ4v) is 0.915. The van der Waals surface area contributed by atoms with Gasteiger partial charge < -0.3 is 10.6 Å². The molecule has 0 radical (unpaired) electrons. The van der Waals surface area contributed by atoms with Crippen LogP contribution in [-0.4, -0.2) is 30.0 Å². The number of alkyl halides is 2. The number of hydrogen-bond acceptors (Lipinski definition) is 4. The zero-order chi connectivity index (χ0) is 10.6. The summed E-state index contributed by atoms with van der Waals surface area (Å²) in [4.78, 5) is 7.93. The summed E-state index contributed by atoms with van der Waals surface area (Å²) in [5, 5.41) is 5.28. The molecular formula is C8H12F2N4. The van der Waals surface area contributed by atoms with Crippen molar-refractivity contribution in [1.29, 1.82) is 0 Å². The van der Waals surface area contributed by atoms with E-state index >= 15 is 0 Å². The molecule has 0 spiro atoms. The number of rotatable bonds is 4. The van der Waals surface area contributed by atoms with Crippen LogP contribution in [0.25, 0.3) is 0 Å². The highest BCUT2D eigenvalue weighted by Crippen LogP contribution is 2.12. The fourth-order valence-electron chi connectivity index (χ4n) is 0.915. The van der Waals surface area contributed by atoms with E-state index in [2.05, 4.69) is 20.6 Å². The van der Waals surface area contributed by atoms with Crippen molar-refractivity contribution < 1.29 is 8.78 Å². The lowest BCUT2D eigenvalue weighted by atomic mass is 10.3. The summed E-state index contributed by atoms with van der Waals surface area (Å²) < 4.78 is 23.8. The summed E-state index contributed by atoms with van der Waals surface area (Å²) in [6.45, 7) is 1.36. The largest absolute Gasteiger partial charge is 0.364 e. The Kier molecular flexibility index (Phi) is 3.55. The van der Waals surface area contributed by atoms with Gasteiger partial charge in [0.1, 0.15) is 5.82 Å². The van der Waals surface area contributed by atoms with Crippen molar-refractivity contribution in [3.05, 3.63) is 11.8 Å². The van der Waals surface area contributed by atoms with Crippen LogP contribution in [0, 0.1) is 6.92 Å². The maximum atomic E-state index is 11.9. The second-order valence-electron chi connectivity index (χ2n) is 2.75. The van der Waals surface area contributed by atoms with E-state index in [-0.39, 0.29) is 0 Å².